The molecule has 2 N–H and O–H groups in total. The Labute approximate surface area is 148 Å². The number of ether oxygens (including phenoxy) is 3. The number of rotatable bonds is 8. The molecule has 1 unspecified atom stereocenters. The summed E-state index contributed by atoms with van der Waals surface area (Å²) in [6.07, 6.45) is 1.33. The Morgan fingerprint density at radius 3 is 2.80 bits per heavy atom. The molecule has 1 heterocycles. The molecule has 1 atom stereocenters. The van der Waals surface area contributed by atoms with Gasteiger partial charge in [-0.05, 0) is 26.3 Å². The summed E-state index contributed by atoms with van der Waals surface area (Å²) in [5.41, 5.74) is 0.952. The molecule has 0 aromatic heterocycles. The van der Waals surface area contributed by atoms with Crippen LogP contribution >= 0.6 is 0 Å². The lowest BCUT2D eigenvalue weighted by molar-refractivity contribution is 0.149. The third-order valence-electron chi connectivity index (χ3n) is 3.67. The minimum Gasteiger partial charge on any atom is -0.490 e. The second-order valence-corrected chi connectivity index (χ2v) is 5.54. The van der Waals surface area contributed by atoms with Crippen molar-refractivity contribution in [3.05, 3.63) is 23.8 Å². The predicted molar refractivity (Wildman–Crippen MR) is 96.4 cm³/mol. The lowest BCUT2D eigenvalue weighted by Crippen LogP contribution is -2.39. The van der Waals surface area contributed by atoms with E-state index in [1.165, 1.54) is 0 Å². The van der Waals surface area contributed by atoms with Crippen molar-refractivity contribution in [2.24, 2.45) is 4.99 Å². The minimum atomic E-state index is -0.492. The summed E-state index contributed by atoms with van der Waals surface area (Å²) in [7, 11) is 0. The molecule has 1 aliphatic rings. The van der Waals surface area contributed by atoms with Crippen LogP contribution in [0.4, 0.5) is 4.79 Å². The number of amides is 1. The van der Waals surface area contributed by atoms with Gasteiger partial charge in [0.2, 0.25) is 5.96 Å². The van der Waals surface area contributed by atoms with Crippen LogP contribution in [0.2, 0.25) is 0 Å². The molecule has 7 nitrogen and oxygen atoms in total. The van der Waals surface area contributed by atoms with Crippen LogP contribution in [-0.2, 0) is 4.74 Å². The monoisotopic (exact) mass is 349 g/mol. The standard InChI is InChI=1S/C18H27N3O4/c1-4-7-11-25-18(22)21-17-19-12-14(20-17)13-9-8-10-15(23-5-2)16(13)24-6-3/h8-10,14H,4-7,11-12H2,1-3H3,(H2,19,20,21,22). The zero-order chi connectivity index (χ0) is 18.1. The fourth-order valence-electron chi connectivity index (χ4n) is 2.51. The summed E-state index contributed by atoms with van der Waals surface area (Å²) in [5, 5.41) is 5.83. The summed E-state index contributed by atoms with van der Waals surface area (Å²) in [5.74, 6) is 1.84. The minimum absolute atomic E-state index is 0.0899. The van der Waals surface area contributed by atoms with Gasteiger partial charge in [-0.3, -0.25) is 10.3 Å². The number of nitrogens with one attached hydrogen (secondary N) is 2. The van der Waals surface area contributed by atoms with Crippen molar-refractivity contribution in [1.82, 2.24) is 10.6 Å². The molecule has 0 saturated carbocycles. The highest BCUT2D eigenvalue weighted by Crippen LogP contribution is 2.36. The Morgan fingerprint density at radius 2 is 2.08 bits per heavy atom. The maximum absolute atomic E-state index is 11.7. The Hall–Kier alpha value is -2.44. The van der Waals surface area contributed by atoms with Crippen molar-refractivity contribution in [3.8, 4) is 11.5 Å². The van der Waals surface area contributed by atoms with E-state index >= 15 is 0 Å². The predicted octanol–water partition coefficient (Wildman–Crippen LogP) is 3.01. The molecule has 0 fully saturated rings. The summed E-state index contributed by atoms with van der Waals surface area (Å²) in [4.78, 5) is 16.1. The van der Waals surface area contributed by atoms with E-state index in [0.29, 0.717) is 43.8 Å². The van der Waals surface area contributed by atoms with Crippen molar-refractivity contribution >= 4 is 12.1 Å². The van der Waals surface area contributed by atoms with E-state index in [0.717, 1.165) is 18.4 Å². The van der Waals surface area contributed by atoms with Gasteiger partial charge in [0.25, 0.3) is 0 Å². The van der Waals surface area contributed by atoms with E-state index in [1.54, 1.807) is 0 Å². The van der Waals surface area contributed by atoms with Gasteiger partial charge in [0.1, 0.15) is 0 Å². The first-order chi connectivity index (χ1) is 12.2. The molecule has 2 rings (SSSR count). The smallest absolute Gasteiger partial charge is 0.413 e. The van der Waals surface area contributed by atoms with Crippen molar-refractivity contribution in [1.29, 1.82) is 0 Å². The third kappa shape index (κ3) is 5.27. The molecule has 0 radical (unpaired) electrons. The number of guanidine groups is 1. The topological polar surface area (TPSA) is 81.2 Å². The van der Waals surface area contributed by atoms with Crippen LogP contribution in [0.5, 0.6) is 11.5 Å². The zero-order valence-corrected chi connectivity index (χ0v) is 15.1. The molecule has 7 heteroatoms. The molecular weight excluding hydrogens is 322 g/mol. The summed E-state index contributed by atoms with van der Waals surface area (Å²) >= 11 is 0. The number of carbonyl (C=O) groups excluding carboxylic acids is 1. The highest BCUT2D eigenvalue weighted by Gasteiger charge is 2.25. The van der Waals surface area contributed by atoms with E-state index in [1.807, 2.05) is 39.0 Å². The molecule has 1 aromatic carbocycles. The Balaban J connectivity index is 2.00. The van der Waals surface area contributed by atoms with Gasteiger partial charge in [-0.2, -0.15) is 0 Å². The Morgan fingerprint density at radius 1 is 1.28 bits per heavy atom. The number of alkyl carbamates (subject to hydrolysis) is 1. The maximum atomic E-state index is 11.7. The number of nitrogens with zero attached hydrogens (tertiary/aromatic N) is 1. The van der Waals surface area contributed by atoms with Gasteiger partial charge < -0.3 is 19.5 Å². The van der Waals surface area contributed by atoms with Crippen LogP contribution in [0.25, 0.3) is 0 Å². The van der Waals surface area contributed by atoms with Crippen LogP contribution in [0.1, 0.15) is 45.2 Å². The number of aliphatic imine (C=N–C) groups is 1. The number of carbonyl (C=O) groups is 1. The number of unbranched alkanes of at least 4 members (excludes halogenated alkanes) is 1. The van der Waals surface area contributed by atoms with Crippen molar-refractivity contribution < 1.29 is 19.0 Å². The van der Waals surface area contributed by atoms with E-state index in [4.69, 9.17) is 14.2 Å². The first kappa shape index (κ1) is 18.9. The van der Waals surface area contributed by atoms with Gasteiger partial charge >= 0.3 is 6.09 Å². The molecule has 0 aliphatic carbocycles. The molecule has 0 spiro atoms. The summed E-state index contributed by atoms with van der Waals surface area (Å²) in [6, 6.07) is 5.70. The van der Waals surface area contributed by atoms with Crippen molar-refractivity contribution in [2.75, 3.05) is 26.4 Å². The second-order valence-electron chi connectivity index (χ2n) is 5.54. The first-order valence-electron chi connectivity index (χ1n) is 8.82. The van der Waals surface area contributed by atoms with E-state index in [-0.39, 0.29) is 6.04 Å². The first-order valence-corrected chi connectivity index (χ1v) is 8.82. The maximum Gasteiger partial charge on any atom is 0.413 e. The fourth-order valence-corrected chi connectivity index (χ4v) is 2.51. The van der Waals surface area contributed by atoms with Crippen LogP contribution in [0.15, 0.2) is 23.2 Å². The van der Waals surface area contributed by atoms with Gasteiger partial charge in [-0.25, -0.2) is 4.79 Å². The van der Waals surface area contributed by atoms with Gasteiger partial charge in [-0.1, -0.05) is 25.5 Å². The average molecular weight is 349 g/mol. The molecule has 138 valence electrons. The third-order valence-corrected chi connectivity index (χ3v) is 3.67. The van der Waals surface area contributed by atoms with Gasteiger partial charge in [0.15, 0.2) is 11.5 Å². The number of benzene rings is 1. The van der Waals surface area contributed by atoms with Gasteiger partial charge in [0, 0.05) is 5.56 Å². The fraction of sp³-hybridized carbons (Fsp3) is 0.556. The van der Waals surface area contributed by atoms with Crippen LogP contribution in [0.3, 0.4) is 0 Å². The SMILES string of the molecule is CCCCOC(=O)NC1=NCC(c2cccc(OCC)c2OCC)N1. The lowest BCUT2D eigenvalue weighted by atomic mass is 10.1. The quantitative estimate of drug-likeness (QED) is 0.705. The Kier molecular flexibility index (Phi) is 7.37. The second kappa shape index (κ2) is 9.76. The van der Waals surface area contributed by atoms with E-state index in [2.05, 4.69) is 15.6 Å². The van der Waals surface area contributed by atoms with Gasteiger partial charge in [0.05, 0.1) is 32.4 Å². The van der Waals surface area contributed by atoms with Crippen LogP contribution < -0.4 is 20.1 Å². The van der Waals surface area contributed by atoms with Crippen molar-refractivity contribution in [3.63, 3.8) is 0 Å². The van der Waals surface area contributed by atoms with E-state index < -0.39 is 6.09 Å². The number of para-hydroxylation sites is 1. The molecule has 1 aliphatic heterocycles. The Bertz CT molecular complexity index is 604. The van der Waals surface area contributed by atoms with Crippen LogP contribution in [0, 0.1) is 0 Å². The van der Waals surface area contributed by atoms with Crippen molar-refractivity contribution in [2.45, 2.75) is 39.7 Å². The zero-order valence-electron chi connectivity index (χ0n) is 15.1. The highest BCUT2D eigenvalue weighted by atomic mass is 16.5. The molecule has 1 amide bonds. The molecule has 0 saturated heterocycles. The normalized spacial score (nSPS) is 16.0. The van der Waals surface area contributed by atoms with Gasteiger partial charge in [-0.15, -0.1) is 0 Å². The summed E-state index contributed by atoms with van der Waals surface area (Å²) < 4.78 is 16.5. The van der Waals surface area contributed by atoms with Crippen LogP contribution in [-0.4, -0.2) is 38.4 Å². The molecule has 25 heavy (non-hydrogen) atoms. The lowest BCUT2D eigenvalue weighted by Gasteiger charge is -2.19. The van der Waals surface area contributed by atoms with E-state index in [9.17, 15) is 4.79 Å². The molecule has 0 bridgehead atoms. The average Bonchev–Trinajstić information content (AvgIpc) is 3.05. The number of hydrogen-bond acceptors (Lipinski definition) is 6. The number of hydrogen-bond donors (Lipinski definition) is 2. The highest BCUT2D eigenvalue weighted by molar-refractivity contribution is 5.95. The largest absolute Gasteiger partial charge is 0.490 e. The molecule has 1 aromatic rings. The molecular formula is C18H27N3O4. The summed E-state index contributed by atoms with van der Waals surface area (Å²) in [6.45, 7) is 7.93.